The molecule has 0 unspecified atom stereocenters. The quantitative estimate of drug-likeness (QED) is 0.634. The Kier molecular flexibility index (Phi) is 4.94. The maximum absolute atomic E-state index is 13.4. The van der Waals surface area contributed by atoms with Crippen LogP contribution in [0.2, 0.25) is 0 Å². The monoisotopic (exact) mass is 424 g/mol. The highest BCUT2D eigenvalue weighted by molar-refractivity contribution is 7.90. The summed E-state index contributed by atoms with van der Waals surface area (Å²) in [6, 6.07) is 11.2. The van der Waals surface area contributed by atoms with Crippen molar-refractivity contribution in [2.24, 2.45) is 0 Å². The lowest BCUT2D eigenvalue weighted by molar-refractivity contribution is 0.0696. The van der Waals surface area contributed by atoms with E-state index in [-0.39, 0.29) is 22.1 Å². The minimum Gasteiger partial charge on any atom is -0.478 e. The average Bonchev–Trinajstić information content (AvgIpc) is 3.41. The number of rotatable bonds is 6. The highest BCUT2D eigenvalue weighted by atomic mass is 32.2. The van der Waals surface area contributed by atoms with Gasteiger partial charge < -0.3 is 5.11 Å². The van der Waals surface area contributed by atoms with Crippen molar-refractivity contribution in [3.05, 3.63) is 69.5 Å². The van der Waals surface area contributed by atoms with Gasteiger partial charge in [-0.05, 0) is 54.2 Å². The second-order valence-corrected chi connectivity index (χ2v) is 9.63. The normalized spacial score (nSPS) is 13.8. The van der Waals surface area contributed by atoms with Gasteiger partial charge in [0.05, 0.1) is 39.0 Å². The molecule has 0 spiro atoms. The zero-order valence-electron chi connectivity index (χ0n) is 15.2. The van der Waals surface area contributed by atoms with Gasteiger partial charge in [0.1, 0.15) is 0 Å². The zero-order valence-corrected chi connectivity index (χ0v) is 16.8. The number of nitrogens with zero attached hydrogens (tertiary/aromatic N) is 2. The van der Waals surface area contributed by atoms with E-state index in [0.29, 0.717) is 27.9 Å². The molecule has 6 nitrogen and oxygen atoms in total. The molecule has 1 saturated carbocycles. The molecule has 1 heterocycles. The summed E-state index contributed by atoms with van der Waals surface area (Å²) in [4.78, 5) is 15.7. The van der Waals surface area contributed by atoms with Crippen LogP contribution < -0.4 is 0 Å². The van der Waals surface area contributed by atoms with Gasteiger partial charge in [0.2, 0.25) is 0 Å². The van der Waals surface area contributed by atoms with E-state index in [2.05, 4.69) is 4.98 Å². The number of nitriles is 1. The Bertz CT molecular complexity index is 1240. The van der Waals surface area contributed by atoms with Crippen molar-refractivity contribution in [1.82, 2.24) is 4.98 Å². The van der Waals surface area contributed by atoms with E-state index in [9.17, 15) is 23.6 Å². The van der Waals surface area contributed by atoms with Crippen LogP contribution in [0.5, 0.6) is 0 Å². The van der Waals surface area contributed by atoms with Crippen LogP contribution in [0.3, 0.4) is 0 Å². The third-order valence-electron chi connectivity index (χ3n) is 4.90. The van der Waals surface area contributed by atoms with Gasteiger partial charge in [0.15, 0.2) is 9.84 Å². The number of hydrogen-bond acceptors (Lipinski definition) is 6. The van der Waals surface area contributed by atoms with Crippen molar-refractivity contribution in [1.29, 1.82) is 5.26 Å². The van der Waals surface area contributed by atoms with Crippen LogP contribution in [-0.4, -0.2) is 24.5 Å². The first-order valence-corrected chi connectivity index (χ1v) is 11.5. The molecule has 0 atom stereocenters. The fraction of sp³-hybridized carbons (Fsp3) is 0.190. The predicted molar refractivity (Wildman–Crippen MR) is 109 cm³/mol. The summed E-state index contributed by atoms with van der Waals surface area (Å²) in [5.74, 6) is -1.36. The Labute approximate surface area is 172 Å². The number of carboxylic acid groups (broad SMARTS) is 1. The van der Waals surface area contributed by atoms with E-state index in [1.54, 1.807) is 29.8 Å². The number of aromatic carboxylic acids is 1. The second-order valence-electron chi connectivity index (χ2n) is 6.95. The minimum absolute atomic E-state index is 0.0570. The van der Waals surface area contributed by atoms with Crippen molar-refractivity contribution in [2.45, 2.75) is 29.4 Å². The Balaban J connectivity index is 1.82. The van der Waals surface area contributed by atoms with Crippen molar-refractivity contribution in [2.75, 3.05) is 0 Å². The molecule has 0 bridgehead atoms. The summed E-state index contributed by atoms with van der Waals surface area (Å²) in [5.41, 5.74) is 4.39. The number of benzene rings is 2. The van der Waals surface area contributed by atoms with Gasteiger partial charge in [0, 0.05) is 10.9 Å². The van der Waals surface area contributed by atoms with Gasteiger partial charge in [-0.3, -0.25) is 0 Å². The number of carbonyl (C=O) groups is 1. The first-order chi connectivity index (χ1) is 13.9. The maximum Gasteiger partial charge on any atom is 0.335 e. The molecular weight excluding hydrogens is 408 g/mol. The van der Waals surface area contributed by atoms with Crippen molar-refractivity contribution in [3.63, 3.8) is 0 Å². The largest absolute Gasteiger partial charge is 0.478 e. The highest BCUT2D eigenvalue weighted by Gasteiger charge is 2.31. The van der Waals surface area contributed by atoms with E-state index in [1.807, 2.05) is 11.4 Å². The molecule has 8 heteroatoms. The van der Waals surface area contributed by atoms with Gasteiger partial charge in [-0.15, -0.1) is 11.3 Å². The Morgan fingerprint density at radius 1 is 1.24 bits per heavy atom. The molecule has 1 N–H and O–H groups in total. The number of sulfone groups is 1. The summed E-state index contributed by atoms with van der Waals surface area (Å²) in [6.45, 7) is 0. The van der Waals surface area contributed by atoms with Crippen molar-refractivity contribution in [3.8, 4) is 17.3 Å². The molecule has 1 aliphatic carbocycles. The summed E-state index contributed by atoms with van der Waals surface area (Å²) in [7, 11) is -3.84. The summed E-state index contributed by atoms with van der Waals surface area (Å²) in [6.07, 6.45) is 1.78. The number of carboxylic acids is 1. The standard InChI is InChI=1S/C21H16N2O4S2/c22-9-13-1-5-17(19-10-28-12-23-19)16(7-13)11-29(26,27)20-8-15(21(24)25)4-6-18(20)14-2-3-14/h1,4-8,10,12,14H,2-3,11H2,(H,24,25). The van der Waals surface area contributed by atoms with E-state index in [0.717, 1.165) is 12.8 Å². The predicted octanol–water partition coefficient (Wildman–Crippen LogP) is 4.23. The number of hydrogen-bond donors (Lipinski definition) is 1. The van der Waals surface area contributed by atoms with Gasteiger partial charge in [0.25, 0.3) is 0 Å². The summed E-state index contributed by atoms with van der Waals surface area (Å²) >= 11 is 1.40. The topological polar surface area (TPSA) is 108 Å². The lowest BCUT2D eigenvalue weighted by atomic mass is 10.0. The summed E-state index contributed by atoms with van der Waals surface area (Å²) in [5, 5.41) is 20.4. The van der Waals surface area contributed by atoms with Crippen molar-refractivity contribution >= 4 is 27.1 Å². The van der Waals surface area contributed by atoms with E-state index in [1.165, 1.54) is 23.5 Å². The van der Waals surface area contributed by atoms with Gasteiger partial charge in [-0.1, -0.05) is 12.1 Å². The average molecular weight is 425 g/mol. The molecule has 1 aromatic heterocycles. The minimum atomic E-state index is -3.84. The first kappa shape index (κ1) is 19.3. The lowest BCUT2D eigenvalue weighted by Gasteiger charge is -2.13. The smallest absolute Gasteiger partial charge is 0.335 e. The molecule has 3 aromatic rings. The Morgan fingerprint density at radius 3 is 2.66 bits per heavy atom. The lowest BCUT2D eigenvalue weighted by Crippen LogP contribution is -2.11. The SMILES string of the molecule is N#Cc1ccc(-c2cscn2)c(CS(=O)(=O)c2cc(C(=O)O)ccc2C2CC2)c1. The second kappa shape index (κ2) is 7.43. The zero-order chi connectivity index (χ0) is 20.6. The van der Waals surface area contributed by atoms with Crippen LogP contribution in [0.1, 0.15) is 45.8 Å². The molecule has 0 radical (unpaired) electrons. The van der Waals surface area contributed by atoms with E-state index in [4.69, 9.17) is 0 Å². The van der Waals surface area contributed by atoms with Crippen LogP contribution in [-0.2, 0) is 15.6 Å². The summed E-state index contributed by atoms with van der Waals surface area (Å²) < 4.78 is 26.7. The Morgan fingerprint density at radius 2 is 2.03 bits per heavy atom. The number of thiazole rings is 1. The molecule has 1 aliphatic rings. The molecule has 1 fully saturated rings. The fourth-order valence-electron chi connectivity index (χ4n) is 3.33. The molecule has 146 valence electrons. The molecule has 0 aliphatic heterocycles. The van der Waals surface area contributed by atoms with Crippen LogP contribution in [0.15, 0.2) is 52.2 Å². The van der Waals surface area contributed by atoms with Crippen LogP contribution >= 0.6 is 11.3 Å². The molecule has 4 rings (SSSR count). The molecule has 0 amide bonds. The third kappa shape index (κ3) is 3.92. The fourth-order valence-corrected chi connectivity index (χ4v) is 5.59. The van der Waals surface area contributed by atoms with E-state index >= 15 is 0 Å². The molecule has 2 aromatic carbocycles. The first-order valence-electron chi connectivity index (χ1n) is 8.90. The third-order valence-corrected chi connectivity index (χ3v) is 7.20. The van der Waals surface area contributed by atoms with Gasteiger partial charge in [-0.25, -0.2) is 18.2 Å². The van der Waals surface area contributed by atoms with Crippen LogP contribution in [0.4, 0.5) is 0 Å². The van der Waals surface area contributed by atoms with Gasteiger partial charge in [-0.2, -0.15) is 5.26 Å². The van der Waals surface area contributed by atoms with Crippen LogP contribution in [0.25, 0.3) is 11.3 Å². The Hall–Kier alpha value is -3.02. The molecule has 29 heavy (non-hydrogen) atoms. The van der Waals surface area contributed by atoms with Crippen molar-refractivity contribution < 1.29 is 18.3 Å². The van der Waals surface area contributed by atoms with E-state index < -0.39 is 15.8 Å². The molecular formula is C21H16N2O4S2. The van der Waals surface area contributed by atoms with Gasteiger partial charge >= 0.3 is 5.97 Å². The number of aromatic nitrogens is 1. The maximum atomic E-state index is 13.4. The van der Waals surface area contributed by atoms with Crippen LogP contribution in [0, 0.1) is 11.3 Å². The molecule has 0 saturated heterocycles. The highest BCUT2D eigenvalue weighted by Crippen LogP contribution is 2.44.